The average molecular weight is 442 g/mol. The molecule has 0 bridgehead atoms. The number of hydrogen-bond donors (Lipinski definition) is 2. The van der Waals surface area contributed by atoms with Crippen LogP contribution in [0.15, 0.2) is 24.3 Å². The smallest absolute Gasteiger partial charge is 0.338 e. The van der Waals surface area contributed by atoms with Crippen LogP contribution < -0.4 is 5.32 Å². The molecule has 8 nitrogen and oxygen atoms in total. The Labute approximate surface area is 187 Å². The molecule has 1 atom stereocenters. The van der Waals surface area contributed by atoms with E-state index in [9.17, 15) is 14.7 Å². The number of benzene rings is 1. The summed E-state index contributed by atoms with van der Waals surface area (Å²) < 4.78 is 13.0. The monoisotopic (exact) mass is 441 g/mol. The van der Waals surface area contributed by atoms with E-state index in [2.05, 4.69) is 5.32 Å². The van der Waals surface area contributed by atoms with Gasteiger partial charge in [-0.2, -0.15) is 5.10 Å². The maximum Gasteiger partial charge on any atom is 0.338 e. The fourth-order valence-corrected chi connectivity index (χ4v) is 4.71. The van der Waals surface area contributed by atoms with Crippen LogP contribution >= 0.6 is 0 Å². The third kappa shape index (κ3) is 4.77. The zero-order chi connectivity index (χ0) is 22.6. The average Bonchev–Trinajstić information content (AvgIpc) is 3.10. The van der Waals surface area contributed by atoms with E-state index in [1.165, 1.54) is 6.07 Å². The zero-order valence-electron chi connectivity index (χ0n) is 18.5. The molecule has 1 aromatic heterocycles. The number of aliphatic hydroxyl groups excluding tert-OH is 1. The zero-order valence-corrected chi connectivity index (χ0v) is 18.5. The van der Waals surface area contributed by atoms with Crippen molar-refractivity contribution in [3.05, 3.63) is 52.3 Å². The normalized spacial score (nSPS) is 19.9. The van der Waals surface area contributed by atoms with E-state index in [0.717, 1.165) is 62.4 Å². The highest BCUT2D eigenvalue weighted by Gasteiger charge is 2.39. The fraction of sp³-hybridized carbons (Fsp3) is 0.542. The van der Waals surface area contributed by atoms with E-state index < -0.39 is 12.2 Å². The van der Waals surface area contributed by atoms with Gasteiger partial charge in [-0.05, 0) is 43.2 Å². The van der Waals surface area contributed by atoms with Crippen LogP contribution in [-0.2, 0) is 28.9 Å². The number of fused-ring (bicyclic) bond motifs is 1. The van der Waals surface area contributed by atoms with E-state index in [1.54, 1.807) is 18.2 Å². The van der Waals surface area contributed by atoms with Gasteiger partial charge in [0.1, 0.15) is 12.5 Å². The molecule has 2 aliphatic rings. The second kappa shape index (κ2) is 9.94. The van der Waals surface area contributed by atoms with Crippen molar-refractivity contribution in [1.82, 2.24) is 15.1 Å². The van der Waals surface area contributed by atoms with Gasteiger partial charge in [-0.15, -0.1) is 0 Å². The lowest BCUT2D eigenvalue weighted by atomic mass is 9.76. The van der Waals surface area contributed by atoms with Crippen molar-refractivity contribution in [3.63, 3.8) is 0 Å². The van der Waals surface area contributed by atoms with Gasteiger partial charge in [0.05, 0.1) is 17.9 Å². The van der Waals surface area contributed by atoms with Crippen LogP contribution in [0, 0.1) is 5.41 Å². The molecular weight excluding hydrogens is 410 g/mol. The molecule has 0 amide bonds. The lowest BCUT2D eigenvalue weighted by Gasteiger charge is -2.36. The van der Waals surface area contributed by atoms with Gasteiger partial charge >= 0.3 is 5.97 Å². The summed E-state index contributed by atoms with van der Waals surface area (Å²) in [6.07, 6.45) is 4.09. The largest absolute Gasteiger partial charge is 0.462 e. The van der Waals surface area contributed by atoms with Crippen molar-refractivity contribution in [1.29, 1.82) is 0 Å². The van der Waals surface area contributed by atoms with Crippen molar-refractivity contribution in [2.75, 3.05) is 26.4 Å². The van der Waals surface area contributed by atoms with Gasteiger partial charge in [-0.3, -0.25) is 14.8 Å². The highest BCUT2D eigenvalue weighted by molar-refractivity contribution is 5.91. The Bertz CT molecular complexity index is 965. The van der Waals surface area contributed by atoms with E-state index in [1.807, 2.05) is 11.6 Å². The van der Waals surface area contributed by atoms with Crippen LogP contribution in [-0.4, -0.2) is 53.5 Å². The van der Waals surface area contributed by atoms with Gasteiger partial charge in [0.15, 0.2) is 0 Å². The minimum atomic E-state index is -0.723. The Kier molecular flexibility index (Phi) is 7.03. The molecule has 4 rings (SSSR count). The van der Waals surface area contributed by atoms with Gasteiger partial charge in [0.25, 0.3) is 0 Å². The topological polar surface area (TPSA) is 103 Å². The molecule has 1 spiro atoms. The molecule has 2 aliphatic heterocycles. The van der Waals surface area contributed by atoms with Crippen molar-refractivity contribution < 1.29 is 24.2 Å². The molecule has 0 aliphatic carbocycles. The Morgan fingerprint density at radius 1 is 1.41 bits per heavy atom. The van der Waals surface area contributed by atoms with Gasteiger partial charge in [-0.1, -0.05) is 19.1 Å². The van der Waals surface area contributed by atoms with Crippen LogP contribution in [0.5, 0.6) is 0 Å². The van der Waals surface area contributed by atoms with Gasteiger partial charge in [0.2, 0.25) is 0 Å². The lowest BCUT2D eigenvalue weighted by Crippen LogP contribution is -2.40. The molecule has 32 heavy (non-hydrogen) atoms. The Morgan fingerprint density at radius 3 is 2.97 bits per heavy atom. The number of aldehydes is 1. The standard InChI is InChI=1S/C24H31N3O5/c1-2-19-21-20(14-24(16-25-22(21)29)7-11-31-12-8-24)27(26-19)9-4-10-32-23(30)18-6-3-5-17(13-18)15-28/h3,5-6,13,15,22,25,29H,2,4,7-12,14,16H2,1H3. The SMILES string of the molecule is CCc1nn(CCCOC(=O)c2cccc(C=O)c2)c2c1C(O)NCC1(CCOCC1)C2. The van der Waals surface area contributed by atoms with E-state index >= 15 is 0 Å². The number of nitrogens with one attached hydrogen (secondary N) is 1. The summed E-state index contributed by atoms with van der Waals surface area (Å²) in [7, 11) is 0. The Balaban J connectivity index is 1.44. The first-order valence-corrected chi connectivity index (χ1v) is 11.4. The summed E-state index contributed by atoms with van der Waals surface area (Å²) in [6.45, 7) is 5.13. The van der Waals surface area contributed by atoms with Crippen molar-refractivity contribution >= 4 is 12.3 Å². The first-order valence-electron chi connectivity index (χ1n) is 11.4. The minimum absolute atomic E-state index is 0.0589. The summed E-state index contributed by atoms with van der Waals surface area (Å²) in [5, 5.41) is 18.9. The molecule has 0 radical (unpaired) electrons. The molecule has 0 saturated carbocycles. The number of aromatic nitrogens is 2. The molecular formula is C24H31N3O5. The quantitative estimate of drug-likeness (QED) is 0.386. The number of aryl methyl sites for hydroxylation is 2. The lowest BCUT2D eigenvalue weighted by molar-refractivity contribution is 0.00875. The summed E-state index contributed by atoms with van der Waals surface area (Å²) >= 11 is 0. The Hall–Kier alpha value is -2.55. The molecule has 1 saturated heterocycles. The molecule has 2 N–H and O–H groups in total. The first kappa shape index (κ1) is 22.6. The molecule has 172 valence electrons. The van der Waals surface area contributed by atoms with Crippen molar-refractivity contribution in [2.45, 2.75) is 51.8 Å². The molecule has 1 fully saturated rings. The van der Waals surface area contributed by atoms with E-state index in [4.69, 9.17) is 14.6 Å². The second-order valence-electron chi connectivity index (χ2n) is 8.69. The van der Waals surface area contributed by atoms with Crippen LogP contribution in [0.1, 0.15) is 70.1 Å². The maximum atomic E-state index is 12.3. The summed E-state index contributed by atoms with van der Waals surface area (Å²) in [5.41, 5.74) is 3.76. The minimum Gasteiger partial charge on any atom is -0.462 e. The molecule has 1 unspecified atom stereocenters. The molecule has 8 heteroatoms. The number of carbonyl (C=O) groups is 2. The predicted octanol–water partition coefficient (Wildman–Crippen LogP) is 2.44. The maximum absolute atomic E-state index is 12.3. The third-order valence-corrected chi connectivity index (χ3v) is 6.56. The summed E-state index contributed by atoms with van der Waals surface area (Å²) in [5.74, 6) is -0.442. The fourth-order valence-electron chi connectivity index (χ4n) is 4.71. The number of carbonyl (C=O) groups excluding carboxylic acids is 2. The number of esters is 1. The van der Waals surface area contributed by atoms with E-state index in [0.29, 0.717) is 30.4 Å². The van der Waals surface area contributed by atoms with Gasteiger partial charge in [-0.25, -0.2) is 4.79 Å². The summed E-state index contributed by atoms with van der Waals surface area (Å²) in [6, 6.07) is 6.47. The number of rotatable bonds is 7. The van der Waals surface area contributed by atoms with Crippen LogP contribution in [0.4, 0.5) is 0 Å². The van der Waals surface area contributed by atoms with Gasteiger partial charge < -0.3 is 14.6 Å². The second-order valence-corrected chi connectivity index (χ2v) is 8.69. The molecule has 3 heterocycles. The highest BCUT2D eigenvalue weighted by Crippen LogP contribution is 2.39. The molecule has 1 aromatic carbocycles. The number of nitrogens with zero attached hydrogens (tertiary/aromatic N) is 2. The van der Waals surface area contributed by atoms with Gasteiger partial charge in [0, 0.05) is 49.5 Å². The van der Waals surface area contributed by atoms with Crippen LogP contribution in [0.2, 0.25) is 0 Å². The predicted molar refractivity (Wildman–Crippen MR) is 117 cm³/mol. The number of aliphatic hydroxyl groups is 1. The highest BCUT2D eigenvalue weighted by atomic mass is 16.5. The van der Waals surface area contributed by atoms with Crippen LogP contribution in [0.25, 0.3) is 0 Å². The van der Waals surface area contributed by atoms with E-state index in [-0.39, 0.29) is 12.0 Å². The molecule has 2 aromatic rings. The summed E-state index contributed by atoms with van der Waals surface area (Å²) in [4.78, 5) is 23.2. The third-order valence-electron chi connectivity index (χ3n) is 6.56. The van der Waals surface area contributed by atoms with Crippen molar-refractivity contribution in [2.24, 2.45) is 5.41 Å². The Morgan fingerprint density at radius 2 is 2.22 bits per heavy atom. The first-order chi connectivity index (χ1) is 15.5. The van der Waals surface area contributed by atoms with Crippen molar-refractivity contribution in [3.8, 4) is 0 Å². The number of hydrogen-bond acceptors (Lipinski definition) is 7. The van der Waals surface area contributed by atoms with Crippen LogP contribution in [0.3, 0.4) is 0 Å². The number of ether oxygens (including phenoxy) is 2.